The van der Waals surface area contributed by atoms with Crippen molar-refractivity contribution in [2.75, 3.05) is 48.4 Å². The average molecular weight is 375 g/mol. The second-order valence-electron chi connectivity index (χ2n) is 6.06. The third-order valence-electron chi connectivity index (χ3n) is 4.39. The molecule has 2 heterocycles. The molecule has 1 amide bonds. The lowest BCUT2D eigenvalue weighted by atomic mass is 9.84. The molecule has 0 saturated carbocycles. The summed E-state index contributed by atoms with van der Waals surface area (Å²) in [5.41, 5.74) is 7.33. The minimum absolute atomic E-state index is 0.0371. The SMILES string of the molecule is CSc1ccc(N2CCN(B(C)O)CC2)cc1NC(=O)c1coc(N)n1. The summed E-state index contributed by atoms with van der Waals surface area (Å²) in [6, 6.07) is 5.97. The first kappa shape index (κ1) is 18.6. The first-order chi connectivity index (χ1) is 12.5. The van der Waals surface area contributed by atoms with Crippen LogP contribution in [0.25, 0.3) is 0 Å². The van der Waals surface area contributed by atoms with E-state index in [9.17, 15) is 9.82 Å². The van der Waals surface area contributed by atoms with Crippen molar-refractivity contribution in [1.82, 2.24) is 9.79 Å². The number of nitrogens with zero attached hydrogens (tertiary/aromatic N) is 3. The molecule has 1 fully saturated rings. The van der Waals surface area contributed by atoms with E-state index < -0.39 is 7.05 Å². The fraction of sp³-hybridized carbons (Fsp3) is 0.375. The quantitative estimate of drug-likeness (QED) is 0.533. The Hall–Kier alpha value is -2.17. The predicted octanol–water partition coefficient (Wildman–Crippen LogP) is 1.46. The molecule has 0 spiro atoms. The Morgan fingerprint density at radius 1 is 1.38 bits per heavy atom. The normalized spacial score (nSPS) is 15.1. The third-order valence-corrected chi connectivity index (χ3v) is 5.19. The van der Waals surface area contributed by atoms with Crippen LogP contribution in [0.1, 0.15) is 10.5 Å². The molecular formula is C16H22BN5O3S. The molecule has 0 unspecified atom stereocenters. The van der Waals surface area contributed by atoms with Gasteiger partial charge in [0.05, 0.1) is 5.69 Å². The van der Waals surface area contributed by atoms with Crippen LogP contribution in [0.4, 0.5) is 17.4 Å². The van der Waals surface area contributed by atoms with Crippen molar-refractivity contribution in [2.45, 2.75) is 11.7 Å². The topological polar surface area (TPSA) is 108 Å². The van der Waals surface area contributed by atoms with E-state index in [1.54, 1.807) is 18.6 Å². The van der Waals surface area contributed by atoms with E-state index in [1.165, 1.54) is 6.26 Å². The summed E-state index contributed by atoms with van der Waals surface area (Å²) in [5, 5.41) is 12.6. The summed E-state index contributed by atoms with van der Waals surface area (Å²) in [4.78, 5) is 21.4. The van der Waals surface area contributed by atoms with Crippen LogP contribution in [0.15, 0.2) is 33.8 Å². The van der Waals surface area contributed by atoms with Crippen molar-refractivity contribution in [1.29, 1.82) is 0 Å². The number of rotatable bonds is 5. The second kappa shape index (κ2) is 8.02. The number of piperazine rings is 1. The summed E-state index contributed by atoms with van der Waals surface area (Å²) >= 11 is 1.55. The van der Waals surface area contributed by atoms with Crippen LogP contribution in [0, 0.1) is 0 Å². The zero-order valence-electron chi connectivity index (χ0n) is 14.8. The molecule has 138 valence electrons. The van der Waals surface area contributed by atoms with Gasteiger partial charge in [0.2, 0.25) is 0 Å². The number of thioether (sulfide) groups is 1. The number of nitrogens with one attached hydrogen (secondary N) is 1. The van der Waals surface area contributed by atoms with E-state index in [1.807, 2.05) is 29.3 Å². The Kier molecular flexibility index (Phi) is 5.75. The molecule has 2 aromatic rings. The number of nitrogens with two attached hydrogens (primary N) is 1. The number of carbonyl (C=O) groups excluding carboxylic acids is 1. The Morgan fingerprint density at radius 2 is 2.12 bits per heavy atom. The highest BCUT2D eigenvalue weighted by Crippen LogP contribution is 2.31. The molecule has 1 aromatic carbocycles. The zero-order valence-corrected chi connectivity index (χ0v) is 15.6. The Bertz CT molecular complexity index is 777. The Morgan fingerprint density at radius 3 is 2.69 bits per heavy atom. The standard InChI is InChI=1S/C16H22BN5O3S/c1-17(24)22-7-5-21(6-8-22)11-3-4-14(26-2)12(9-11)19-15(23)13-10-25-16(18)20-13/h3-4,9-10,24H,5-8H2,1-2H3,(H2,18,20)(H,19,23). The van der Waals surface area contributed by atoms with Crippen molar-refractivity contribution >= 4 is 42.1 Å². The van der Waals surface area contributed by atoms with Gasteiger partial charge in [-0.15, -0.1) is 11.8 Å². The first-order valence-electron chi connectivity index (χ1n) is 8.35. The summed E-state index contributed by atoms with van der Waals surface area (Å²) < 4.78 is 4.90. The van der Waals surface area contributed by atoms with Gasteiger partial charge in [0.1, 0.15) is 6.26 Å². The highest BCUT2D eigenvalue weighted by atomic mass is 32.2. The lowest BCUT2D eigenvalue weighted by Gasteiger charge is -2.36. The fourth-order valence-corrected chi connectivity index (χ4v) is 3.46. The first-order valence-corrected chi connectivity index (χ1v) is 9.58. The number of oxazole rings is 1. The largest absolute Gasteiger partial charge is 0.437 e. The molecule has 3 rings (SSSR count). The maximum atomic E-state index is 12.4. The minimum Gasteiger partial charge on any atom is -0.437 e. The molecule has 1 saturated heterocycles. The molecule has 8 nitrogen and oxygen atoms in total. The molecule has 0 aliphatic carbocycles. The van der Waals surface area contributed by atoms with E-state index in [-0.39, 0.29) is 17.6 Å². The molecule has 0 atom stereocenters. The van der Waals surface area contributed by atoms with E-state index in [0.717, 1.165) is 42.4 Å². The van der Waals surface area contributed by atoms with E-state index in [0.29, 0.717) is 0 Å². The predicted molar refractivity (Wildman–Crippen MR) is 105 cm³/mol. The van der Waals surface area contributed by atoms with E-state index in [2.05, 4.69) is 15.2 Å². The van der Waals surface area contributed by atoms with Crippen LogP contribution in [-0.4, -0.2) is 60.2 Å². The number of nitrogen functional groups attached to an aromatic ring is 1. The highest BCUT2D eigenvalue weighted by Gasteiger charge is 2.23. The van der Waals surface area contributed by atoms with Gasteiger partial charge in [-0.2, -0.15) is 4.98 Å². The van der Waals surface area contributed by atoms with Gasteiger partial charge >= 0.3 is 7.05 Å². The van der Waals surface area contributed by atoms with Gasteiger partial charge in [-0.1, -0.05) is 0 Å². The van der Waals surface area contributed by atoms with Crippen molar-refractivity contribution in [3.05, 3.63) is 30.2 Å². The number of anilines is 3. The minimum atomic E-state index is -0.430. The molecule has 1 aliphatic rings. The summed E-state index contributed by atoms with van der Waals surface area (Å²) in [6.45, 7) is 5.00. The number of aromatic nitrogens is 1. The summed E-state index contributed by atoms with van der Waals surface area (Å²) in [6.07, 6.45) is 3.20. The van der Waals surface area contributed by atoms with E-state index >= 15 is 0 Å². The molecule has 1 aromatic heterocycles. The van der Waals surface area contributed by atoms with Crippen LogP contribution >= 0.6 is 11.8 Å². The van der Waals surface area contributed by atoms with Gasteiger partial charge in [0.15, 0.2) is 5.69 Å². The van der Waals surface area contributed by atoms with E-state index in [4.69, 9.17) is 10.2 Å². The average Bonchev–Trinajstić information content (AvgIpc) is 3.08. The molecule has 0 bridgehead atoms. The molecule has 10 heteroatoms. The second-order valence-corrected chi connectivity index (χ2v) is 6.91. The van der Waals surface area contributed by atoms with Crippen LogP contribution in [0.5, 0.6) is 0 Å². The number of amides is 1. The molecule has 26 heavy (non-hydrogen) atoms. The monoisotopic (exact) mass is 375 g/mol. The number of hydrogen-bond donors (Lipinski definition) is 3. The van der Waals surface area contributed by atoms with Crippen molar-refractivity contribution in [3.63, 3.8) is 0 Å². The van der Waals surface area contributed by atoms with Crippen molar-refractivity contribution < 1.29 is 14.2 Å². The lowest BCUT2D eigenvalue weighted by molar-refractivity contribution is 0.102. The smallest absolute Gasteiger partial charge is 0.376 e. The van der Waals surface area contributed by atoms with Gasteiger partial charge < -0.3 is 30.2 Å². The van der Waals surface area contributed by atoms with Crippen LogP contribution in [0.2, 0.25) is 6.82 Å². The van der Waals surface area contributed by atoms with Crippen molar-refractivity contribution in [2.24, 2.45) is 0 Å². The molecule has 4 N–H and O–H groups in total. The van der Waals surface area contributed by atoms with Gasteiger partial charge in [0, 0.05) is 36.8 Å². The zero-order chi connectivity index (χ0) is 18.7. The van der Waals surface area contributed by atoms with Gasteiger partial charge in [-0.25, -0.2) is 0 Å². The van der Waals surface area contributed by atoms with Crippen LogP contribution < -0.4 is 16.0 Å². The Labute approximate surface area is 156 Å². The number of benzene rings is 1. The number of hydrogen-bond acceptors (Lipinski definition) is 8. The summed E-state index contributed by atoms with van der Waals surface area (Å²) in [5.74, 6) is -0.364. The third kappa shape index (κ3) is 4.14. The van der Waals surface area contributed by atoms with Gasteiger partial charge in [-0.05, 0) is 31.3 Å². The highest BCUT2D eigenvalue weighted by molar-refractivity contribution is 7.98. The number of carbonyl (C=O) groups is 1. The Balaban J connectivity index is 1.75. The molecule has 0 radical (unpaired) electrons. The maximum absolute atomic E-state index is 12.4. The van der Waals surface area contributed by atoms with Crippen LogP contribution in [0.3, 0.4) is 0 Å². The van der Waals surface area contributed by atoms with Gasteiger partial charge in [0.25, 0.3) is 11.9 Å². The van der Waals surface area contributed by atoms with Crippen molar-refractivity contribution in [3.8, 4) is 0 Å². The molecule has 1 aliphatic heterocycles. The lowest BCUT2D eigenvalue weighted by Crippen LogP contribution is -2.51. The summed E-state index contributed by atoms with van der Waals surface area (Å²) in [7, 11) is -0.430. The fourth-order valence-electron chi connectivity index (χ4n) is 2.92. The maximum Gasteiger partial charge on any atom is 0.376 e. The van der Waals surface area contributed by atoms with Gasteiger partial charge in [-0.3, -0.25) is 4.79 Å². The van der Waals surface area contributed by atoms with Crippen LogP contribution in [-0.2, 0) is 0 Å². The molecular weight excluding hydrogens is 353 g/mol.